The first kappa shape index (κ1) is 71.5. The van der Waals surface area contributed by atoms with Gasteiger partial charge in [-0.15, -0.1) is 0 Å². The van der Waals surface area contributed by atoms with Gasteiger partial charge in [-0.2, -0.15) is 0 Å². The molecular formula is C52H93N11O18P2. The zero-order valence-electron chi connectivity index (χ0n) is 48.2. The van der Waals surface area contributed by atoms with Crippen LogP contribution in [0.25, 0.3) is 11.2 Å². The van der Waals surface area contributed by atoms with E-state index in [2.05, 4.69) is 25.6 Å². The fourth-order valence-corrected chi connectivity index (χ4v) is 11.0. The fraction of sp³-hybridized carbons (Fsp3) is 0.808. The maximum Gasteiger partial charge on any atom is 0.353 e. The number of likely N-dealkylation sites (tertiary alicyclic amines) is 1. The predicted octanol–water partition coefficient (Wildman–Crippen LogP) is 2.07. The molecule has 2 aliphatic heterocycles. The van der Waals surface area contributed by atoms with Gasteiger partial charge in [0.15, 0.2) is 11.5 Å². The molecule has 13 N–H and O–H groups in total. The Morgan fingerprint density at radius 2 is 1.29 bits per heavy atom. The van der Waals surface area contributed by atoms with Crippen molar-refractivity contribution in [2.45, 2.75) is 165 Å². The standard InChI is InChI=1S/C52H93N11O18P2/c1-74-37-82(70,71)80-31-44-43(28-48(81-44)63-36-60-49-50(56)58-35-59-51(49)63)78-38-83(72,73)79-30-39-27-42(66)29-62(39)47(69)16-7-5-3-2-4-6-15-46(68)61-52(32-75-24-17-40(64)13-8-10-20-53,33-76-25-18-41(65)14-9-11-21-54)34-77-26-19-45(67)57-23-12-22-55/h35-36,39,42-44,48,66H,2-34,37-38,53-55H2,1H3,(H,57,67)(H,61,68)(H,70,71)(H,72,73)(H2,56,58,59)/t39-,42+,43-,44+,48+/m0/s1. The first-order valence-corrected chi connectivity index (χ1v) is 32.4. The van der Waals surface area contributed by atoms with E-state index >= 15 is 0 Å². The number of carbonyl (C=O) groups excluding carboxylic acids is 5. The van der Waals surface area contributed by atoms with Crippen molar-refractivity contribution in [2.24, 2.45) is 17.2 Å². The number of nitrogens with one attached hydrogen (secondary N) is 2. The van der Waals surface area contributed by atoms with Gasteiger partial charge < -0.3 is 90.8 Å². The third kappa shape index (κ3) is 27.5. The average molecular weight is 1220 g/mol. The molecule has 0 radical (unpaired) electrons. The number of ketones is 2. The lowest BCUT2D eigenvalue weighted by Crippen LogP contribution is -2.58. The Bertz CT molecular complexity index is 2290. The van der Waals surface area contributed by atoms with Gasteiger partial charge >= 0.3 is 15.2 Å². The molecule has 0 spiro atoms. The number of hydrogen-bond acceptors (Lipinski definition) is 23. The predicted molar refractivity (Wildman–Crippen MR) is 304 cm³/mol. The number of nitrogens with zero attached hydrogens (tertiary/aromatic N) is 5. The lowest BCUT2D eigenvalue weighted by molar-refractivity contribution is -0.133. The van der Waals surface area contributed by atoms with Crippen molar-refractivity contribution in [3.05, 3.63) is 12.7 Å². The van der Waals surface area contributed by atoms with Crippen molar-refractivity contribution >= 4 is 61.5 Å². The molecule has 2 aromatic rings. The molecule has 2 aromatic heterocycles. The maximum atomic E-state index is 13.6. The number of methoxy groups -OCH3 is 1. The van der Waals surface area contributed by atoms with Crippen molar-refractivity contribution in [3.63, 3.8) is 0 Å². The molecular weight excluding hydrogens is 1130 g/mol. The number of hydrogen-bond donors (Lipinski definition) is 9. The van der Waals surface area contributed by atoms with Crippen LogP contribution in [0.5, 0.6) is 0 Å². The van der Waals surface area contributed by atoms with Gasteiger partial charge in [0, 0.05) is 71.6 Å². The number of aromatic nitrogens is 4. The number of carbonyl (C=O) groups is 5. The zero-order valence-corrected chi connectivity index (χ0v) is 50.0. The van der Waals surface area contributed by atoms with Crippen LogP contribution in [0.4, 0.5) is 5.82 Å². The van der Waals surface area contributed by atoms with E-state index in [4.69, 9.17) is 60.4 Å². The number of ether oxygens (including phenoxy) is 6. The number of aliphatic hydroxyl groups is 1. The number of nitrogens with two attached hydrogens (primary N) is 4. The van der Waals surface area contributed by atoms with Crippen molar-refractivity contribution in [2.75, 3.05) is 111 Å². The van der Waals surface area contributed by atoms with E-state index in [-0.39, 0.29) is 133 Å². The highest BCUT2D eigenvalue weighted by molar-refractivity contribution is 7.52. The van der Waals surface area contributed by atoms with E-state index in [0.29, 0.717) is 95.1 Å². The van der Waals surface area contributed by atoms with E-state index < -0.39 is 70.6 Å². The number of anilines is 1. The van der Waals surface area contributed by atoms with E-state index in [0.717, 1.165) is 25.7 Å². The Morgan fingerprint density at radius 1 is 0.711 bits per heavy atom. The maximum absolute atomic E-state index is 13.6. The largest absolute Gasteiger partial charge is 0.391 e. The molecule has 3 amide bonds. The molecule has 31 heteroatoms. The second-order valence-electron chi connectivity index (χ2n) is 21.1. The summed E-state index contributed by atoms with van der Waals surface area (Å²) < 4.78 is 72.9. The number of nitrogen functional groups attached to an aromatic ring is 1. The van der Waals surface area contributed by atoms with Gasteiger partial charge in [0.25, 0.3) is 0 Å². The summed E-state index contributed by atoms with van der Waals surface area (Å²) in [4.78, 5) is 99.4. The molecule has 2 fully saturated rings. The molecule has 0 aromatic carbocycles. The Morgan fingerprint density at radius 3 is 1.92 bits per heavy atom. The zero-order chi connectivity index (χ0) is 60.5. The molecule has 0 bridgehead atoms. The van der Waals surface area contributed by atoms with Crippen molar-refractivity contribution < 1.29 is 85.5 Å². The summed E-state index contributed by atoms with van der Waals surface area (Å²) in [5, 5.41) is 16.4. The molecule has 29 nitrogen and oxygen atoms in total. The van der Waals surface area contributed by atoms with Crippen LogP contribution in [0.2, 0.25) is 0 Å². The Balaban J connectivity index is 1.24. The number of unbranched alkanes of at least 4 members (excludes halogenated alkanes) is 7. The monoisotopic (exact) mass is 1220 g/mol. The topological polar surface area (TPSA) is 429 Å². The van der Waals surface area contributed by atoms with E-state index in [9.17, 15) is 48.0 Å². The summed E-state index contributed by atoms with van der Waals surface area (Å²) >= 11 is 0. The number of Topliss-reactive ketones (excluding diaryl/α,β-unsaturated/α-hetero) is 2. The summed E-state index contributed by atoms with van der Waals surface area (Å²) in [6.07, 6.45) is 7.00. The van der Waals surface area contributed by atoms with Gasteiger partial charge in [-0.05, 0) is 71.0 Å². The summed E-state index contributed by atoms with van der Waals surface area (Å²) in [6.45, 7) is 1.16. The van der Waals surface area contributed by atoms with E-state index in [1.54, 1.807) is 4.57 Å². The van der Waals surface area contributed by atoms with Crippen molar-refractivity contribution in [3.8, 4) is 0 Å². The third-order valence-corrected chi connectivity index (χ3v) is 16.0. The van der Waals surface area contributed by atoms with Gasteiger partial charge in [0.2, 0.25) is 17.7 Å². The van der Waals surface area contributed by atoms with Crippen molar-refractivity contribution in [1.82, 2.24) is 35.1 Å². The summed E-state index contributed by atoms with van der Waals surface area (Å²) in [6, 6.07) is -0.684. The van der Waals surface area contributed by atoms with E-state index in [1.807, 2.05) is 0 Å². The van der Waals surface area contributed by atoms with Crippen molar-refractivity contribution in [1.29, 1.82) is 0 Å². The first-order chi connectivity index (χ1) is 39.8. The van der Waals surface area contributed by atoms with Gasteiger partial charge in [0.05, 0.1) is 77.4 Å². The summed E-state index contributed by atoms with van der Waals surface area (Å²) in [7, 11) is -7.43. The highest BCUT2D eigenvalue weighted by Gasteiger charge is 2.42. The Hall–Kier alpha value is -4.00. The number of amides is 3. The van der Waals surface area contributed by atoms with Crippen LogP contribution in [-0.2, 0) is 70.6 Å². The molecule has 0 saturated carbocycles. The van der Waals surface area contributed by atoms with E-state index in [1.165, 1.54) is 24.7 Å². The highest BCUT2D eigenvalue weighted by Crippen LogP contribution is 2.46. The van der Waals surface area contributed by atoms with Crippen LogP contribution in [0.15, 0.2) is 12.7 Å². The van der Waals surface area contributed by atoms with Gasteiger partial charge in [-0.1, -0.05) is 25.7 Å². The lowest BCUT2D eigenvalue weighted by atomic mass is 10.0. The molecule has 0 aliphatic carbocycles. The number of aliphatic hydroxyl groups excluding tert-OH is 1. The molecule has 4 rings (SSSR count). The summed E-state index contributed by atoms with van der Waals surface area (Å²) in [5.74, 6) is -0.535. The Kier molecular flexibility index (Phi) is 33.5. The molecule has 474 valence electrons. The number of fused-ring (bicyclic) bond motifs is 1. The molecule has 2 saturated heterocycles. The smallest absolute Gasteiger partial charge is 0.353 e. The second-order valence-corrected chi connectivity index (χ2v) is 24.7. The molecule has 7 atom stereocenters. The SMILES string of the molecule is COCP(=O)(O)OC[C@H]1O[C@@H](n2cnc3c(N)ncnc32)C[C@@H]1OCP(=O)(O)OC[C@@H]1C[C@@H](O)CN1C(=O)CCCCCCCCC(=O)NC(COCCC(=O)CCCCN)(COCCC(=O)CCCCN)COCCC(=O)NCCCN. The Labute approximate surface area is 486 Å². The van der Waals surface area contributed by atoms with Gasteiger partial charge in [-0.3, -0.25) is 37.7 Å². The van der Waals surface area contributed by atoms with Gasteiger partial charge in [0.1, 0.15) is 54.0 Å². The number of rotatable bonds is 48. The molecule has 2 unspecified atom stereocenters. The van der Waals surface area contributed by atoms with Crippen LogP contribution >= 0.6 is 15.2 Å². The van der Waals surface area contributed by atoms with Crippen LogP contribution in [0.3, 0.4) is 0 Å². The minimum Gasteiger partial charge on any atom is -0.391 e. The minimum absolute atomic E-state index is 0.0313. The normalized spacial score (nSPS) is 19.7. The quantitative estimate of drug-likeness (QED) is 0.0338. The number of β-amino-alcohol motifs (C(OH)–C–C–N with tert-alkyl or cyclic N) is 1. The number of imidazole rings is 1. The minimum atomic E-state index is -4.49. The van der Waals surface area contributed by atoms with Crippen LogP contribution in [-0.4, -0.2) is 204 Å². The van der Waals surface area contributed by atoms with Crippen LogP contribution in [0, 0.1) is 0 Å². The lowest BCUT2D eigenvalue weighted by Gasteiger charge is -2.34. The molecule has 2 aliphatic rings. The second kappa shape index (κ2) is 38.9. The van der Waals surface area contributed by atoms with Crippen LogP contribution in [0.1, 0.15) is 135 Å². The highest BCUT2D eigenvalue weighted by atomic mass is 31.2. The molecule has 83 heavy (non-hydrogen) atoms. The van der Waals surface area contributed by atoms with Gasteiger partial charge in [-0.25, -0.2) is 15.0 Å². The third-order valence-electron chi connectivity index (χ3n) is 13.9. The summed E-state index contributed by atoms with van der Waals surface area (Å²) in [5.41, 5.74) is 22.1. The fourth-order valence-electron chi connectivity index (χ4n) is 9.40. The first-order valence-electron chi connectivity index (χ1n) is 28.9. The average Bonchev–Trinajstić information content (AvgIpc) is 4.41. The molecule has 4 heterocycles. The van der Waals surface area contributed by atoms with Crippen LogP contribution < -0.4 is 33.6 Å².